The third-order valence-corrected chi connectivity index (χ3v) is 2.53. The van der Waals surface area contributed by atoms with Crippen LogP contribution in [0.25, 0.3) is 0 Å². The summed E-state index contributed by atoms with van der Waals surface area (Å²) >= 11 is 0. The first-order chi connectivity index (χ1) is 8.56. The summed E-state index contributed by atoms with van der Waals surface area (Å²) in [4.78, 5) is 37.4. The standard InChI is InChI=1S/C11H10FN3O3/c12-8-3-1-6(5-13-8)10(17)14-7-2-4-9(16)15-11(7)18/h1,3,5,7H,2,4H2,(H,14,17)(H,15,16,18). The monoisotopic (exact) mass is 251 g/mol. The number of rotatable bonds is 2. The second kappa shape index (κ2) is 4.91. The molecule has 18 heavy (non-hydrogen) atoms. The number of carbonyl (C=O) groups excluding carboxylic acids is 3. The Kier molecular flexibility index (Phi) is 3.31. The van der Waals surface area contributed by atoms with Gasteiger partial charge in [0.15, 0.2) is 0 Å². The van der Waals surface area contributed by atoms with Gasteiger partial charge in [0.05, 0.1) is 5.56 Å². The van der Waals surface area contributed by atoms with Gasteiger partial charge in [0.2, 0.25) is 17.8 Å². The number of hydrogen-bond acceptors (Lipinski definition) is 4. The van der Waals surface area contributed by atoms with Crippen LogP contribution in [0.15, 0.2) is 18.3 Å². The number of nitrogens with zero attached hydrogens (tertiary/aromatic N) is 1. The Morgan fingerprint density at radius 2 is 2.22 bits per heavy atom. The van der Waals surface area contributed by atoms with Crippen LogP contribution >= 0.6 is 0 Å². The number of amides is 3. The molecule has 3 amide bonds. The van der Waals surface area contributed by atoms with E-state index in [1.165, 1.54) is 6.07 Å². The molecule has 0 saturated carbocycles. The fourth-order valence-electron chi connectivity index (χ4n) is 1.58. The van der Waals surface area contributed by atoms with Crippen molar-refractivity contribution in [1.82, 2.24) is 15.6 Å². The van der Waals surface area contributed by atoms with Crippen LogP contribution in [0.1, 0.15) is 23.2 Å². The first-order valence-corrected chi connectivity index (χ1v) is 5.32. The van der Waals surface area contributed by atoms with Gasteiger partial charge >= 0.3 is 0 Å². The molecule has 2 rings (SSSR count). The van der Waals surface area contributed by atoms with Crippen LogP contribution in [0.5, 0.6) is 0 Å². The highest BCUT2D eigenvalue weighted by Gasteiger charge is 2.28. The molecule has 0 bridgehead atoms. The summed E-state index contributed by atoms with van der Waals surface area (Å²) < 4.78 is 12.6. The Bertz CT molecular complexity index is 501. The van der Waals surface area contributed by atoms with Crippen LogP contribution in [0.2, 0.25) is 0 Å². The van der Waals surface area contributed by atoms with E-state index in [1.807, 2.05) is 0 Å². The number of hydrogen-bond donors (Lipinski definition) is 2. The minimum absolute atomic E-state index is 0.154. The Morgan fingerprint density at radius 1 is 1.44 bits per heavy atom. The number of aromatic nitrogens is 1. The van der Waals surface area contributed by atoms with Crippen LogP contribution in [-0.2, 0) is 9.59 Å². The Morgan fingerprint density at radius 3 is 2.83 bits per heavy atom. The van der Waals surface area contributed by atoms with E-state index in [1.54, 1.807) is 0 Å². The van der Waals surface area contributed by atoms with Crippen molar-refractivity contribution in [3.8, 4) is 0 Å². The van der Waals surface area contributed by atoms with Crippen molar-refractivity contribution >= 4 is 17.7 Å². The largest absolute Gasteiger partial charge is 0.340 e. The lowest BCUT2D eigenvalue weighted by Crippen LogP contribution is -2.52. The van der Waals surface area contributed by atoms with Crippen molar-refractivity contribution < 1.29 is 18.8 Å². The van der Waals surface area contributed by atoms with E-state index in [2.05, 4.69) is 15.6 Å². The van der Waals surface area contributed by atoms with E-state index in [4.69, 9.17) is 0 Å². The van der Waals surface area contributed by atoms with E-state index < -0.39 is 23.8 Å². The molecular weight excluding hydrogens is 241 g/mol. The average Bonchev–Trinajstić information content (AvgIpc) is 2.33. The van der Waals surface area contributed by atoms with Gasteiger partial charge < -0.3 is 5.32 Å². The lowest BCUT2D eigenvalue weighted by molar-refractivity contribution is -0.134. The molecule has 7 heteroatoms. The normalized spacial score (nSPS) is 19.3. The highest BCUT2D eigenvalue weighted by atomic mass is 19.1. The van der Waals surface area contributed by atoms with Gasteiger partial charge in [-0.15, -0.1) is 0 Å². The van der Waals surface area contributed by atoms with Crippen molar-refractivity contribution in [3.63, 3.8) is 0 Å². The fourth-order valence-corrected chi connectivity index (χ4v) is 1.58. The Hall–Kier alpha value is -2.31. The molecule has 2 N–H and O–H groups in total. The van der Waals surface area contributed by atoms with Gasteiger partial charge in [0.1, 0.15) is 6.04 Å². The second-order valence-corrected chi connectivity index (χ2v) is 3.85. The maximum Gasteiger partial charge on any atom is 0.253 e. The third-order valence-electron chi connectivity index (χ3n) is 2.53. The molecule has 1 aromatic heterocycles. The molecule has 1 saturated heterocycles. The zero-order valence-corrected chi connectivity index (χ0v) is 9.27. The van der Waals surface area contributed by atoms with Crippen molar-refractivity contribution in [2.45, 2.75) is 18.9 Å². The summed E-state index contributed by atoms with van der Waals surface area (Å²) in [5.74, 6) is -2.10. The quantitative estimate of drug-likeness (QED) is 0.560. The Balaban J connectivity index is 2.01. The van der Waals surface area contributed by atoms with Crippen molar-refractivity contribution in [2.75, 3.05) is 0 Å². The summed E-state index contributed by atoms with van der Waals surface area (Å²) in [7, 11) is 0. The topological polar surface area (TPSA) is 88.2 Å². The van der Waals surface area contributed by atoms with Crippen LogP contribution in [0, 0.1) is 5.95 Å². The molecule has 1 aromatic rings. The fraction of sp³-hybridized carbons (Fsp3) is 0.273. The second-order valence-electron chi connectivity index (χ2n) is 3.85. The zero-order chi connectivity index (χ0) is 13.1. The molecule has 0 radical (unpaired) electrons. The van der Waals surface area contributed by atoms with Gasteiger partial charge in [-0.25, -0.2) is 4.98 Å². The lowest BCUT2D eigenvalue weighted by atomic mass is 10.1. The Labute approximate surface area is 102 Å². The molecule has 1 unspecified atom stereocenters. The molecule has 94 valence electrons. The first kappa shape index (κ1) is 12.2. The number of carbonyl (C=O) groups is 3. The predicted molar refractivity (Wildman–Crippen MR) is 57.8 cm³/mol. The molecular formula is C11H10FN3O3. The lowest BCUT2D eigenvalue weighted by Gasteiger charge is -2.21. The minimum atomic E-state index is -0.750. The molecule has 1 aliphatic rings. The number of halogens is 1. The summed E-state index contributed by atoms with van der Waals surface area (Å²) in [6, 6.07) is 1.57. The van der Waals surface area contributed by atoms with Gasteiger partial charge in [-0.3, -0.25) is 19.7 Å². The van der Waals surface area contributed by atoms with Gasteiger partial charge in [-0.05, 0) is 18.6 Å². The third kappa shape index (κ3) is 2.68. The van der Waals surface area contributed by atoms with Gasteiger partial charge in [-0.2, -0.15) is 4.39 Å². The molecule has 1 aliphatic heterocycles. The van der Waals surface area contributed by atoms with E-state index in [9.17, 15) is 18.8 Å². The molecule has 6 nitrogen and oxygen atoms in total. The van der Waals surface area contributed by atoms with Crippen molar-refractivity contribution in [3.05, 3.63) is 29.8 Å². The van der Waals surface area contributed by atoms with Gasteiger partial charge in [0, 0.05) is 12.6 Å². The summed E-state index contributed by atoms with van der Waals surface area (Å²) in [6.07, 6.45) is 1.51. The van der Waals surface area contributed by atoms with Crippen LogP contribution in [0.3, 0.4) is 0 Å². The highest BCUT2D eigenvalue weighted by Crippen LogP contribution is 2.06. The maximum absolute atomic E-state index is 12.6. The van der Waals surface area contributed by atoms with Crippen LogP contribution in [0.4, 0.5) is 4.39 Å². The van der Waals surface area contributed by atoms with Gasteiger partial charge in [0.25, 0.3) is 5.91 Å². The maximum atomic E-state index is 12.6. The minimum Gasteiger partial charge on any atom is -0.340 e. The predicted octanol–water partition coefficient (Wildman–Crippen LogP) is -0.244. The zero-order valence-electron chi connectivity index (χ0n) is 9.27. The number of pyridine rings is 1. The van der Waals surface area contributed by atoms with E-state index in [-0.39, 0.29) is 24.3 Å². The smallest absolute Gasteiger partial charge is 0.253 e. The number of piperidine rings is 1. The summed E-state index contributed by atoms with van der Waals surface area (Å²) in [5, 5.41) is 4.59. The SMILES string of the molecule is O=C1CCC(NC(=O)c2ccc(F)nc2)C(=O)N1. The van der Waals surface area contributed by atoms with Crippen LogP contribution in [-0.4, -0.2) is 28.7 Å². The molecule has 0 spiro atoms. The van der Waals surface area contributed by atoms with Crippen molar-refractivity contribution in [2.24, 2.45) is 0 Å². The van der Waals surface area contributed by atoms with E-state index >= 15 is 0 Å². The number of nitrogens with one attached hydrogen (secondary N) is 2. The number of imide groups is 1. The molecule has 0 aliphatic carbocycles. The molecule has 0 aromatic carbocycles. The van der Waals surface area contributed by atoms with E-state index in [0.29, 0.717) is 0 Å². The first-order valence-electron chi connectivity index (χ1n) is 5.32. The van der Waals surface area contributed by atoms with E-state index in [0.717, 1.165) is 12.3 Å². The molecule has 1 atom stereocenters. The van der Waals surface area contributed by atoms with Gasteiger partial charge in [-0.1, -0.05) is 0 Å². The van der Waals surface area contributed by atoms with Crippen LogP contribution < -0.4 is 10.6 Å². The molecule has 2 heterocycles. The summed E-state index contributed by atoms with van der Waals surface area (Å²) in [6.45, 7) is 0. The highest BCUT2D eigenvalue weighted by molar-refractivity contribution is 6.03. The average molecular weight is 251 g/mol. The molecule has 1 fully saturated rings. The summed E-state index contributed by atoms with van der Waals surface area (Å²) in [5.41, 5.74) is 0.154. The van der Waals surface area contributed by atoms with Crippen molar-refractivity contribution in [1.29, 1.82) is 0 Å².